The predicted molar refractivity (Wildman–Crippen MR) is 57.8 cm³/mol. The van der Waals surface area contributed by atoms with Crippen LogP contribution < -0.4 is 0 Å². The summed E-state index contributed by atoms with van der Waals surface area (Å²) >= 11 is 5.36. The summed E-state index contributed by atoms with van der Waals surface area (Å²) in [6.45, 7) is 5.26. The number of esters is 1. The van der Waals surface area contributed by atoms with E-state index >= 15 is 0 Å². The van der Waals surface area contributed by atoms with Crippen molar-refractivity contribution in [3.8, 4) is 0 Å². The Morgan fingerprint density at radius 2 is 1.87 bits per heavy atom. The van der Waals surface area contributed by atoms with Crippen LogP contribution >= 0.6 is 11.6 Å². The number of ether oxygens (including phenoxy) is 1. The zero-order valence-electron chi connectivity index (χ0n) is 9.36. The lowest BCUT2D eigenvalue weighted by Gasteiger charge is -2.21. The maximum absolute atomic E-state index is 11.2. The molecular formula is C10H19ClO4. The minimum absolute atomic E-state index is 0.0470. The first-order chi connectivity index (χ1) is 6.74. The summed E-state index contributed by atoms with van der Waals surface area (Å²) in [5, 5.41) is 18.5. The molecular weight excluding hydrogens is 220 g/mol. The summed E-state index contributed by atoms with van der Waals surface area (Å²) in [4.78, 5) is 11.2. The van der Waals surface area contributed by atoms with Crippen molar-refractivity contribution >= 4 is 17.6 Å². The molecule has 0 aliphatic carbocycles. The van der Waals surface area contributed by atoms with Gasteiger partial charge >= 0.3 is 5.97 Å². The molecule has 0 aliphatic rings. The predicted octanol–water partition coefficient (Wildman–Crippen LogP) is 1.07. The Morgan fingerprint density at radius 3 is 2.27 bits per heavy atom. The average molecular weight is 239 g/mol. The van der Waals surface area contributed by atoms with Crippen molar-refractivity contribution in [2.75, 3.05) is 5.88 Å². The molecule has 1 unspecified atom stereocenters. The van der Waals surface area contributed by atoms with E-state index in [0.29, 0.717) is 0 Å². The molecule has 0 aromatic carbocycles. The molecule has 5 heteroatoms. The minimum atomic E-state index is -0.909. The van der Waals surface area contributed by atoms with E-state index in [2.05, 4.69) is 0 Å². The highest BCUT2D eigenvalue weighted by Gasteiger charge is 2.20. The number of halogens is 1. The normalized spacial score (nSPS) is 15.9. The van der Waals surface area contributed by atoms with Gasteiger partial charge in [0.15, 0.2) is 0 Å². The summed E-state index contributed by atoms with van der Waals surface area (Å²) < 4.78 is 5.01. The molecule has 0 heterocycles. The molecule has 4 nitrogen and oxygen atoms in total. The lowest BCUT2D eigenvalue weighted by atomic mass is 10.1. The largest absolute Gasteiger partial charge is 0.460 e. The summed E-state index contributed by atoms with van der Waals surface area (Å²) in [5.41, 5.74) is -0.554. The number of carbonyl (C=O) groups is 1. The SMILES string of the molecule is CC(C)(C)OC(=O)CC(O)C[C@H](O)CCl. The Bertz CT molecular complexity index is 200. The van der Waals surface area contributed by atoms with Crippen molar-refractivity contribution < 1.29 is 19.7 Å². The van der Waals surface area contributed by atoms with Gasteiger partial charge in [0.1, 0.15) is 5.60 Å². The number of hydrogen-bond donors (Lipinski definition) is 2. The van der Waals surface area contributed by atoms with Crippen molar-refractivity contribution in [3.63, 3.8) is 0 Å². The molecule has 0 rings (SSSR count). The average Bonchev–Trinajstić information content (AvgIpc) is 1.99. The van der Waals surface area contributed by atoms with Crippen LogP contribution in [0.3, 0.4) is 0 Å². The lowest BCUT2D eigenvalue weighted by Crippen LogP contribution is -2.28. The van der Waals surface area contributed by atoms with Gasteiger partial charge in [-0.1, -0.05) is 0 Å². The maximum atomic E-state index is 11.2. The second kappa shape index (κ2) is 6.30. The molecule has 15 heavy (non-hydrogen) atoms. The van der Waals surface area contributed by atoms with E-state index in [4.69, 9.17) is 21.4 Å². The molecule has 0 aromatic heterocycles. The van der Waals surface area contributed by atoms with Gasteiger partial charge in [-0.25, -0.2) is 0 Å². The summed E-state index contributed by atoms with van der Waals surface area (Å²) in [6.07, 6.45) is -1.73. The maximum Gasteiger partial charge on any atom is 0.308 e. The highest BCUT2D eigenvalue weighted by atomic mass is 35.5. The van der Waals surface area contributed by atoms with Gasteiger partial charge in [0.2, 0.25) is 0 Å². The molecule has 0 fully saturated rings. The number of alkyl halides is 1. The van der Waals surface area contributed by atoms with Crippen LogP contribution in [0, 0.1) is 0 Å². The van der Waals surface area contributed by atoms with Crippen LogP contribution in [0.2, 0.25) is 0 Å². The minimum Gasteiger partial charge on any atom is -0.460 e. The molecule has 0 amide bonds. The molecule has 0 spiro atoms. The third kappa shape index (κ3) is 8.66. The van der Waals surface area contributed by atoms with E-state index in [1.54, 1.807) is 20.8 Å². The Labute approximate surface area is 95.2 Å². The van der Waals surface area contributed by atoms with E-state index in [0.717, 1.165) is 0 Å². The van der Waals surface area contributed by atoms with Crippen LogP contribution in [0.4, 0.5) is 0 Å². The van der Waals surface area contributed by atoms with Crippen LogP contribution in [0.15, 0.2) is 0 Å². The van der Waals surface area contributed by atoms with Crippen LogP contribution in [0.1, 0.15) is 33.6 Å². The molecule has 0 radical (unpaired) electrons. The Morgan fingerprint density at radius 1 is 1.33 bits per heavy atom. The van der Waals surface area contributed by atoms with E-state index in [-0.39, 0.29) is 18.7 Å². The molecule has 0 aromatic rings. The topological polar surface area (TPSA) is 66.8 Å². The third-order valence-electron chi connectivity index (χ3n) is 1.54. The number of aliphatic hydroxyl groups is 2. The van der Waals surface area contributed by atoms with Crippen LogP contribution in [0.25, 0.3) is 0 Å². The Balaban J connectivity index is 3.87. The van der Waals surface area contributed by atoms with Gasteiger partial charge in [0, 0.05) is 12.3 Å². The van der Waals surface area contributed by atoms with Gasteiger partial charge in [0.05, 0.1) is 18.6 Å². The van der Waals surface area contributed by atoms with Crippen molar-refractivity contribution in [2.24, 2.45) is 0 Å². The molecule has 2 N–H and O–H groups in total. The monoisotopic (exact) mass is 238 g/mol. The summed E-state index contributed by atoms with van der Waals surface area (Å²) in [6, 6.07) is 0. The fourth-order valence-electron chi connectivity index (χ4n) is 1.04. The van der Waals surface area contributed by atoms with Crippen molar-refractivity contribution in [1.29, 1.82) is 0 Å². The molecule has 0 saturated carbocycles. The van der Waals surface area contributed by atoms with E-state index in [1.807, 2.05) is 0 Å². The van der Waals surface area contributed by atoms with Gasteiger partial charge in [-0.3, -0.25) is 4.79 Å². The molecule has 2 atom stereocenters. The van der Waals surface area contributed by atoms with E-state index in [9.17, 15) is 9.90 Å². The van der Waals surface area contributed by atoms with Gasteiger partial charge in [-0.15, -0.1) is 11.6 Å². The second-order valence-electron chi connectivity index (χ2n) is 4.49. The standard InChI is InChI=1S/C10H19ClO4/c1-10(2,3)15-9(14)5-7(12)4-8(13)6-11/h7-8,12-13H,4-6H2,1-3H3/t7?,8-/m0/s1. The van der Waals surface area contributed by atoms with Gasteiger partial charge < -0.3 is 14.9 Å². The molecule has 0 saturated heterocycles. The molecule has 0 bridgehead atoms. The van der Waals surface area contributed by atoms with Crippen LogP contribution in [-0.4, -0.2) is 39.9 Å². The van der Waals surface area contributed by atoms with Gasteiger partial charge in [-0.05, 0) is 20.8 Å². The number of hydrogen-bond acceptors (Lipinski definition) is 4. The zero-order chi connectivity index (χ0) is 12.1. The van der Waals surface area contributed by atoms with Crippen molar-refractivity contribution in [2.45, 2.75) is 51.4 Å². The van der Waals surface area contributed by atoms with E-state index in [1.165, 1.54) is 0 Å². The fourth-order valence-corrected chi connectivity index (χ4v) is 1.16. The molecule has 0 aliphatic heterocycles. The second-order valence-corrected chi connectivity index (χ2v) is 4.80. The lowest BCUT2D eigenvalue weighted by molar-refractivity contribution is -0.157. The van der Waals surface area contributed by atoms with Crippen LogP contribution in [0.5, 0.6) is 0 Å². The number of carbonyl (C=O) groups excluding carboxylic acids is 1. The quantitative estimate of drug-likeness (QED) is 0.556. The first-order valence-corrected chi connectivity index (χ1v) is 5.42. The Kier molecular flexibility index (Phi) is 6.17. The van der Waals surface area contributed by atoms with Crippen molar-refractivity contribution in [1.82, 2.24) is 0 Å². The van der Waals surface area contributed by atoms with Crippen LogP contribution in [-0.2, 0) is 9.53 Å². The Hall–Kier alpha value is -0.320. The van der Waals surface area contributed by atoms with Gasteiger partial charge in [0.25, 0.3) is 0 Å². The third-order valence-corrected chi connectivity index (χ3v) is 1.90. The fraction of sp³-hybridized carbons (Fsp3) is 0.900. The smallest absolute Gasteiger partial charge is 0.308 e. The van der Waals surface area contributed by atoms with Gasteiger partial charge in [-0.2, -0.15) is 0 Å². The first-order valence-electron chi connectivity index (χ1n) is 4.88. The zero-order valence-corrected chi connectivity index (χ0v) is 10.1. The summed E-state index contributed by atoms with van der Waals surface area (Å²) in [7, 11) is 0. The number of rotatable bonds is 5. The summed E-state index contributed by atoms with van der Waals surface area (Å²) in [5.74, 6) is -0.428. The number of aliphatic hydroxyl groups excluding tert-OH is 2. The van der Waals surface area contributed by atoms with Crippen molar-refractivity contribution in [3.05, 3.63) is 0 Å². The first kappa shape index (κ1) is 14.7. The highest BCUT2D eigenvalue weighted by molar-refractivity contribution is 6.18. The van der Waals surface area contributed by atoms with E-state index < -0.39 is 23.8 Å². The molecule has 90 valence electrons. The highest BCUT2D eigenvalue weighted by Crippen LogP contribution is 2.11.